The van der Waals surface area contributed by atoms with Gasteiger partial charge in [-0.3, -0.25) is 14.9 Å². The second-order valence-corrected chi connectivity index (χ2v) is 4.34. The van der Waals surface area contributed by atoms with Crippen LogP contribution < -0.4 is 0 Å². The Morgan fingerprint density at radius 1 is 1.53 bits per heavy atom. The number of cyclic esters (lactones) is 1. The predicted octanol–water partition coefficient (Wildman–Crippen LogP) is 2.16. The highest BCUT2D eigenvalue weighted by atomic mass is 16.6. The summed E-state index contributed by atoms with van der Waals surface area (Å²) in [6.07, 6.45) is 5.20. The van der Waals surface area contributed by atoms with E-state index in [1.807, 2.05) is 13.8 Å². The van der Waals surface area contributed by atoms with E-state index in [2.05, 4.69) is 16.9 Å². The Bertz CT molecular complexity index is 396. The van der Waals surface area contributed by atoms with E-state index >= 15 is 0 Å². The van der Waals surface area contributed by atoms with E-state index in [0.29, 0.717) is 5.69 Å². The smallest absolute Gasteiger partial charge is 0.411 e. The van der Waals surface area contributed by atoms with E-state index < -0.39 is 0 Å². The summed E-state index contributed by atoms with van der Waals surface area (Å²) in [4.78, 5) is 21.8. The van der Waals surface area contributed by atoms with Crippen LogP contribution in [-0.2, 0) is 4.74 Å². The number of hydrogen-bond donors (Lipinski definition) is 0. The van der Waals surface area contributed by atoms with Crippen LogP contribution in [0.2, 0.25) is 0 Å². The van der Waals surface area contributed by atoms with Gasteiger partial charge in [0.1, 0.15) is 5.69 Å². The standard InChI is InChI=1S/C12H17N3O2/c1-4-8(2)15-9(3)11(17-12(15)16)10-7-13-5-6-14-10/h5-9,11H,4H2,1-3H3/t8?,9-,11-/m0/s1. The fourth-order valence-corrected chi connectivity index (χ4v) is 2.12. The minimum Gasteiger partial charge on any atom is -0.437 e. The third-order valence-electron chi connectivity index (χ3n) is 3.26. The molecule has 0 radical (unpaired) electrons. The van der Waals surface area contributed by atoms with Crippen molar-refractivity contribution in [1.82, 2.24) is 14.9 Å². The number of nitrogens with zero attached hydrogens (tertiary/aromatic N) is 3. The third-order valence-corrected chi connectivity index (χ3v) is 3.26. The molecule has 2 heterocycles. The monoisotopic (exact) mass is 235 g/mol. The Labute approximate surface area is 101 Å². The molecule has 92 valence electrons. The first-order valence-corrected chi connectivity index (χ1v) is 5.90. The molecule has 0 aromatic carbocycles. The van der Waals surface area contributed by atoms with Crippen LogP contribution in [0, 0.1) is 0 Å². The fourth-order valence-electron chi connectivity index (χ4n) is 2.12. The van der Waals surface area contributed by atoms with Crippen molar-refractivity contribution in [1.29, 1.82) is 0 Å². The maximum Gasteiger partial charge on any atom is 0.411 e. The molecule has 1 unspecified atom stereocenters. The zero-order valence-corrected chi connectivity index (χ0v) is 10.3. The Morgan fingerprint density at radius 3 is 2.88 bits per heavy atom. The molecule has 5 nitrogen and oxygen atoms in total. The maximum absolute atomic E-state index is 11.8. The Balaban J connectivity index is 2.21. The lowest BCUT2D eigenvalue weighted by atomic mass is 10.1. The highest BCUT2D eigenvalue weighted by Crippen LogP contribution is 2.32. The molecule has 17 heavy (non-hydrogen) atoms. The second kappa shape index (κ2) is 4.69. The third kappa shape index (κ3) is 2.09. The second-order valence-electron chi connectivity index (χ2n) is 4.34. The summed E-state index contributed by atoms with van der Waals surface area (Å²) in [6, 6.07) is 0.174. The van der Waals surface area contributed by atoms with Gasteiger partial charge >= 0.3 is 6.09 Å². The SMILES string of the molecule is CCC(C)N1C(=O)O[C@H](c2cnccn2)[C@@H]1C. The molecule has 0 aliphatic carbocycles. The van der Waals surface area contributed by atoms with Crippen LogP contribution in [0.25, 0.3) is 0 Å². The van der Waals surface area contributed by atoms with Gasteiger partial charge in [0, 0.05) is 18.4 Å². The highest BCUT2D eigenvalue weighted by Gasteiger charge is 2.42. The molecule has 3 atom stereocenters. The molecule has 0 saturated carbocycles. The van der Waals surface area contributed by atoms with Gasteiger partial charge in [0.2, 0.25) is 0 Å². The summed E-state index contributed by atoms with van der Waals surface area (Å²) in [6.45, 7) is 6.06. The first-order valence-electron chi connectivity index (χ1n) is 5.90. The summed E-state index contributed by atoms with van der Waals surface area (Å²) in [5.41, 5.74) is 0.708. The minimum atomic E-state index is -0.315. The average Bonchev–Trinajstić information content (AvgIpc) is 2.65. The van der Waals surface area contributed by atoms with E-state index in [-0.39, 0.29) is 24.3 Å². The molecule has 1 aromatic heterocycles. The molecular formula is C12H17N3O2. The van der Waals surface area contributed by atoms with Crippen molar-refractivity contribution in [2.75, 3.05) is 0 Å². The van der Waals surface area contributed by atoms with Gasteiger partial charge < -0.3 is 4.74 Å². The van der Waals surface area contributed by atoms with Gasteiger partial charge in [-0.2, -0.15) is 0 Å². The van der Waals surface area contributed by atoms with Gasteiger partial charge in [0.15, 0.2) is 6.10 Å². The topological polar surface area (TPSA) is 55.3 Å². The Kier molecular flexibility index (Phi) is 3.26. The van der Waals surface area contributed by atoms with E-state index in [1.54, 1.807) is 23.5 Å². The van der Waals surface area contributed by atoms with Gasteiger partial charge in [-0.25, -0.2) is 4.79 Å². The van der Waals surface area contributed by atoms with Crippen molar-refractivity contribution in [3.63, 3.8) is 0 Å². The maximum atomic E-state index is 11.8. The molecule has 1 fully saturated rings. The van der Waals surface area contributed by atoms with Crippen LogP contribution in [0.3, 0.4) is 0 Å². The molecule has 1 aromatic rings. The number of carbonyl (C=O) groups is 1. The molecular weight excluding hydrogens is 218 g/mol. The molecule has 1 saturated heterocycles. The minimum absolute atomic E-state index is 0.00542. The average molecular weight is 235 g/mol. The van der Waals surface area contributed by atoms with Gasteiger partial charge in [-0.15, -0.1) is 0 Å². The number of rotatable bonds is 3. The van der Waals surface area contributed by atoms with Crippen LogP contribution in [0.1, 0.15) is 39.0 Å². The fraction of sp³-hybridized carbons (Fsp3) is 0.583. The van der Waals surface area contributed by atoms with Crippen LogP contribution in [-0.4, -0.2) is 33.0 Å². The summed E-state index contributed by atoms with van der Waals surface area (Å²) in [5, 5.41) is 0. The molecule has 1 amide bonds. The highest BCUT2D eigenvalue weighted by molar-refractivity contribution is 5.71. The predicted molar refractivity (Wildman–Crippen MR) is 62.3 cm³/mol. The van der Waals surface area contributed by atoms with E-state index in [9.17, 15) is 4.79 Å². The Morgan fingerprint density at radius 2 is 2.29 bits per heavy atom. The van der Waals surface area contributed by atoms with E-state index in [0.717, 1.165) is 6.42 Å². The van der Waals surface area contributed by atoms with Crippen molar-refractivity contribution in [2.24, 2.45) is 0 Å². The molecule has 1 aliphatic rings. The van der Waals surface area contributed by atoms with E-state index in [4.69, 9.17) is 4.74 Å². The summed E-state index contributed by atoms with van der Waals surface area (Å²) in [7, 11) is 0. The van der Waals surface area contributed by atoms with Crippen molar-refractivity contribution < 1.29 is 9.53 Å². The molecule has 0 spiro atoms. The first-order chi connectivity index (χ1) is 8.15. The van der Waals surface area contributed by atoms with Crippen molar-refractivity contribution in [3.05, 3.63) is 24.3 Å². The summed E-state index contributed by atoms with van der Waals surface area (Å²) >= 11 is 0. The van der Waals surface area contributed by atoms with Gasteiger partial charge in [-0.05, 0) is 20.3 Å². The van der Waals surface area contributed by atoms with Gasteiger partial charge in [0.05, 0.1) is 12.2 Å². The molecule has 0 N–H and O–H groups in total. The number of carbonyl (C=O) groups excluding carboxylic acids is 1. The number of aromatic nitrogens is 2. The largest absolute Gasteiger partial charge is 0.437 e. The number of amides is 1. The summed E-state index contributed by atoms with van der Waals surface area (Å²) < 4.78 is 5.38. The van der Waals surface area contributed by atoms with Gasteiger partial charge in [0.25, 0.3) is 0 Å². The zero-order chi connectivity index (χ0) is 12.4. The molecule has 5 heteroatoms. The molecule has 1 aliphatic heterocycles. The number of ether oxygens (including phenoxy) is 1. The van der Waals surface area contributed by atoms with E-state index in [1.165, 1.54) is 0 Å². The lowest BCUT2D eigenvalue weighted by molar-refractivity contribution is 0.126. The number of hydrogen-bond acceptors (Lipinski definition) is 4. The Hall–Kier alpha value is -1.65. The van der Waals surface area contributed by atoms with Gasteiger partial charge in [-0.1, -0.05) is 6.92 Å². The van der Waals surface area contributed by atoms with Crippen LogP contribution >= 0.6 is 0 Å². The summed E-state index contributed by atoms with van der Waals surface area (Å²) in [5.74, 6) is 0. The normalized spacial score (nSPS) is 25.8. The van der Waals surface area contributed by atoms with Crippen molar-refractivity contribution >= 4 is 6.09 Å². The molecule has 2 rings (SSSR count). The lowest BCUT2D eigenvalue weighted by Gasteiger charge is -2.25. The lowest BCUT2D eigenvalue weighted by Crippen LogP contribution is -2.39. The van der Waals surface area contributed by atoms with Crippen LogP contribution in [0.5, 0.6) is 0 Å². The quantitative estimate of drug-likeness (QED) is 0.805. The van der Waals surface area contributed by atoms with Crippen LogP contribution in [0.4, 0.5) is 4.79 Å². The first kappa shape index (κ1) is 11.8. The van der Waals surface area contributed by atoms with Crippen molar-refractivity contribution in [3.8, 4) is 0 Å². The van der Waals surface area contributed by atoms with Crippen molar-refractivity contribution in [2.45, 2.75) is 45.4 Å². The van der Waals surface area contributed by atoms with Crippen LogP contribution in [0.15, 0.2) is 18.6 Å². The molecule has 0 bridgehead atoms. The zero-order valence-electron chi connectivity index (χ0n) is 10.3.